The van der Waals surface area contributed by atoms with Gasteiger partial charge in [-0.15, -0.1) is 0 Å². The highest BCUT2D eigenvalue weighted by Crippen LogP contribution is 2.16. The van der Waals surface area contributed by atoms with Crippen molar-refractivity contribution in [2.24, 2.45) is 0 Å². The summed E-state index contributed by atoms with van der Waals surface area (Å²) in [5.74, 6) is 0.497. The molecule has 1 nitrogen and oxygen atoms in total. The van der Waals surface area contributed by atoms with Crippen LogP contribution in [0.3, 0.4) is 0 Å². The Balaban J connectivity index is 2.65. The van der Waals surface area contributed by atoms with E-state index < -0.39 is 0 Å². The lowest BCUT2D eigenvalue weighted by Gasteiger charge is -2.01. The van der Waals surface area contributed by atoms with Gasteiger partial charge in [-0.25, -0.2) is 0 Å². The first-order valence-corrected chi connectivity index (χ1v) is 4.23. The predicted molar refractivity (Wildman–Crippen MR) is 43.1 cm³/mol. The summed E-state index contributed by atoms with van der Waals surface area (Å²) < 4.78 is 0. The Bertz CT molecular complexity index is 160. The fourth-order valence-corrected chi connectivity index (χ4v) is 1.49. The number of thiophene rings is 1. The van der Waals surface area contributed by atoms with Crippen molar-refractivity contribution in [3.8, 4) is 0 Å². The molecule has 1 N–H and O–H groups in total. The highest BCUT2D eigenvalue weighted by atomic mass is 32.1. The molecule has 50 valence electrons. The van der Waals surface area contributed by atoms with Gasteiger partial charge in [-0.1, -0.05) is 0 Å². The second-order valence-corrected chi connectivity index (χ2v) is 2.90. The fourth-order valence-electron chi connectivity index (χ4n) is 0.570. The van der Waals surface area contributed by atoms with Crippen molar-refractivity contribution in [1.29, 1.82) is 0 Å². The molecule has 1 heterocycles. The normalized spacial score (nSPS) is 13.6. The molecule has 0 aromatic carbocycles. The summed E-state index contributed by atoms with van der Waals surface area (Å²) in [6, 6.07) is 1.91. The van der Waals surface area contributed by atoms with Crippen LogP contribution in [0.5, 0.6) is 0 Å². The molecule has 0 radical (unpaired) electrons. The van der Waals surface area contributed by atoms with Crippen LogP contribution in [0.15, 0.2) is 16.8 Å². The Kier molecular flexibility index (Phi) is 2.57. The van der Waals surface area contributed by atoms with Gasteiger partial charge in [0.1, 0.15) is 0 Å². The number of hydrogen-bond donors (Lipinski definition) is 2. The topological polar surface area (TPSA) is 20.2 Å². The molecular weight excluding hydrogens is 152 g/mol. The Morgan fingerprint density at radius 3 is 3.00 bits per heavy atom. The van der Waals surface area contributed by atoms with Crippen LogP contribution in [-0.2, 0) is 0 Å². The maximum Gasteiger partial charge on any atom is 0.0885 e. The lowest BCUT2D eigenvalue weighted by molar-refractivity contribution is 0.205. The molecule has 0 saturated heterocycles. The fraction of sp³-hybridized carbons (Fsp3) is 0.333. The summed E-state index contributed by atoms with van der Waals surface area (Å²) in [6.07, 6.45) is -0.389. The Labute approximate surface area is 63.8 Å². The van der Waals surface area contributed by atoms with Crippen molar-refractivity contribution in [3.63, 3.8) is 0 Å². The molecule has 0 aliphatic heterocycles. The first kappa shape index (κ1) is 7.12. The number of aliphatic hydroxyl groups excluding tert-OH is 1. The molecule has 0 amide bonds. The number of rotatable bonds is 2. The lowest BCUT2D eigenvalue weighted by Crippen LogP contribution is -1.95. The van der Waals surface area contributed by atoms with Crippen LogP contribution in [0.4, 0.5) is 0 Å². The Hall–Kier alpha value is 0.01000. The molecule has 1 atom stereocenters. The molecule has 1 rings (SSSR count). The minimum Gasteiger partial charge on any atom is -0.388 e. The third-order valence-electron chi connectivity index (χ3n) is 1.10. The zero-order chi connectivity index (χ0) is 6.69. The van der Waals surface area contributed by atoms with E-state index in [2.05, 4.69) is 12.6 Å². The molecule has 3 heteroatoms. The summed E-state index contributed by atoms with van der Waals surface area (Å²) in [7, 11) is 0. The first-order valence-electron chi connectivity index (χ1n) is 2.65. The van der Waals surface area contributed by atoms with Gasteiger partial charge in [-0.2, -0.15) is 24.0 Å². The average molecular weight is 160 g/mol. The quantitative estimate of drug-likeness (QED) is 0.631. The Morgan fingerprint density at radius 2 is 2.56 bits per heavy atom. The van der Waals surface area contributed by atoms with E-state index >= 15 is 0 Å². The molecule has 0 aliphatic rings. The molecule has 0 aliphatic carbocycles. The van der Waals surface area contributed by atoms with Crippen LogP contribution >= 0.6 is 24.0 Å². The van der Waals surface area contributed by atoms with Gasteiger partial charge < -0.3 is 5.11 Å². The van der Waals surface area contributed by atoms with Crippen LogP contribution < -0.4 is 0 Å². The summed E-state index contributed by atoms with van der Waals surface area (Å²) in [5.41, 5.74) is 0.968. The van der Waals surface area contributed by atoms with Crippen molar-refractivity contribution in [2.45, 2.75) is 6.10 Å². The second-order valence-electron chi connectivity index (χ2n) is 1.76. The van der Waals surface area contributed by atoms with Gasteiger partial charge in [0.25, 0.3) is 0 Å². The van der Waals surface area contributed by atoms with Crippen LogP contribution in [0.25, 0.3) is 0 Å². The first-order chi connectivity index (χ1) is 4.34. The number of hydrogen-bond acceptors (Lipinski definition) is 3. The van der Waals surface area contributed by atoms with E-state index in [4.69, 9.17) is 5.11 Å². The summed E-state index contributed by atoms with van der Waals surface area (Å²) in [4.78, 5) is 0. The molecule has 0 bridgehead atoms. The lowest BCUT2D eigenvalue weighted by atomic mass is 10.2. The second kappa shape index (κ2) is 3.25. The van der Waals surface area contributed by atoms with E-state index in [1.165, 1.54) is 0 Å². The molecule has 0 spiro atoms. The van der Waals surface area contributed by atoms with E-state index in [9.17, 15) is 0 Å². The van der Waals surface area contributed by atoms with Crippen LogP contribution in [0.2, 0.25) is 0 Å². The Morgan fingerprint density at radius 1 is 1.78 bits per heavy atom. The summed E-state index contributed by atoms with van der Waals surface area (Å²) >= 11 is 5.55. The number of thiol groups is 1. The molecule has 9 heavy (non-hydrogen) atoms. The van der Waals surface area contributed by atoms with Crippen LogP contribution in [0, 0.1) is 0 Å². The molecule has 0 fully saturated rings. The van der Waals surface area contributed by atoms with Crippen molar-refractivity contribution in [3.05, 3.63) is 22.4 Å². The average Bonchev–Trinajstić information content (AvgIpc) is 2.37. The molecule has 0 unspecified atom stereocenters. The van der Waals surface area contributed by atoms with Crippen LogP contribution in [-0.4, -0.2) is 10.9 Å². The van der Waals surface area contributed by atoms with E-state index in [1.54, 1.807) is 11.3 Å². The third kappa shape index (κ3) is 1.71. The van der Waals surface area contributed by atoms with Gasteiger partial charge in [0.15, 0.2) is 0 Å². The standard InChI is InChI=1S/C6H8OS2/c7-6(3-8)5-1-2-9-4-5/h1-2,4,6-8H,3H2/t6-/m1/s1. The predicted octanol–water partition coefficient (Wildman–Crippen LogP) is 1.71. The summed E-state index contributed by atoms with van der Waals surface area (Å²) in [6.45, 7) is 0. The van der Waals surface area contributed by atoms with Gasteiger partial charge in [-0.3, -0.25) is 0 Å². The number of aliphatic hydroxyl groups is 1. The van der Waals surface area contributed by atoms with Crippen molar-refractivity contribution in [1.82, 2.24) is 0 Å². The van der Waals surface area contributed by atoms with Crippen molar-refractivity contribution < 1.29 is 5.11 Å². The van der Waals surface area contributed by atoms with Gasteiger partial charge >= 0.3 is 0 Å². The monoisotopic (exact) mass is 160 g/mol. The zero-order valence-electron chi connectivity index (χ0n) is 4.82. The molecule has 1 aromatic heterocycles. The third-order valence-corrected chi connectivity index (χ3v) is 2.15. The van der Waals surface area contributed by atoms with Gasteiger partial charge in [0, 0.05) is 5.75 Å². The van der Waals surface area contributed by atoms with Gasteiger partial charge in [-0.05, 0) is 22.4 Å². The highest BCUT2D eigenvalue weighted by molar-refractivity contribution is 7.80. The summed E-state index contributed by atoms with van der Waals surface area (Å²) in [5, 5.41) is 13.0. The smallest absolute Gasteiger partial charge is 0.0885 e. The van der Waals surface area contributed by atoms with E-state index in [1.807, 2.05) is 16.8 Å². The van der Waals surface area contributed by atoms with Crippen molar-refractivity contribution in [2.75, 3.05) is 5.75 Å². The van der Waals surface area contributed by atoms with E-state index in [-0.39, 0.29) is 6.10 Å². The highest BCUT2D eigenvalue weighted by Gasteiger charge is 2.02. The van der Waals surface area contributed by atoms with Gasteiger partial charge in [0.05, 0.1) is 6.10 Å². The van der Waals surface area contributed by atoms with Crippen LogP contribution in [0.1, 0.15) is 11.7 Å². The van der Waals surface area contributed by atoms with E-state index in [0.29, 0.717) is 5.75 Å². The molecule has 1 aromatic rings. The van der Waals surface area contributed by atoms with E-state index in [0.717, 1.165) is 5.56 Å². The van der Waals surface area contributed by atoms with Crippen molar-refractivity contribution >= 4 is 24.0 Å². The minimum atomic E-state index is -0.389. The molecule has 0 saturated carbocycles. The SMILES string of the molecule is O[C@H](CS)c1ccsc1. The maximum atomic E-state index is 9.15. The van der Waals surface area contributed by atoms with Gasteiger partial charge in [0.2, 0.25) is 0 Å². The minimum absolute atomic E-state index is 0.389. The zero-order valence-corrected chi connectivity index (χ0v) is 6.53. The maximum absolute atomic E-state index is 9.15. The molecular formula is C6H8OS2. The largest absolute Gasteiger partial charge is 0.388 e.